The second-order valence-electron chi connectivity index (χ2n) is 5.60. The molecule has 0 atom stereocenters. The molecule has 164 valence electrons. The van der Waals surface area contributed by atoms with Crippen LogP contribution in [-0.2, 0) is 10.0 Å². The van der Waals surface area contributed by atoms with Gasteiger partial charge in [-0.1, -0.05) is 16.9 Å². The van der Waals surface area contributed by atoms with Crippen LogP contribution >= 0.6 is 27.7 Å². The molecule has 0 saturated heterocycles. The molecule has 11 nitrogen and oxygen atoms in total. The number of oxime groups is 1. The number of benzene rings is 1. The molecule has 0 fully saturated rings. The fourth-order valence-electron chi connectivity index (χ4n) is 2.04. The Morgan fingerprint density at radius 1 is 1.37 bits per heavy atom. The summed E-state index contributed by atoms with van der Waals surface area (Å²) >= 11 is 4.30. The molecule has 15 heteroatoms. The van der Waals surface area contributed by atoms with E-state index in [0.29, 0.717) is 29.6 Å². The van der Waals surface area contributed by atoms with E-state index in [0.717, 1.165) is 6.26 Å². The van der Waals surface area contributed by atoms with Crippen molar-refractivity contribution >= 4 is 55.2 Å². The van der Waals surface area contributed by atoms with Crippen molar-refractivity contribution in [2.24, 2.45) is 9.55 Å². The summed E-state index contributed by atoms with van der Waals surface area (Å²) in [6.45, 7) is 2.65. The first-order chi connectivity index (χ1) is 14.2. The van der Waals surface area contributed by atoms with Gasteiger partial charge in [0, 0.05) is 24.5 Å². The van der Waals surface area contributed by atoms with E-state index in [2.05, 4.69) is 51.7 Å². The van der Waals surface area contributed by atoms with Gasteiger partial charge in [0.1, 0.15) is 5.82 Å². The van der Waals surface area contributed by atoms with Crippen molar-refractivity contribution in [2.45, 2.75) is 11.9 Å². The van der Waals surface area contributed by atoms with Crippen LogP contribution in [0.2, 0.25) is 0 Å². The third-order valence-corrected chi connectivity index (χ3v) is 5.27. The number of amidine groups is 1. The lowest BCUT2D eigenvalue weighted by atomic mass is 10.3. The van der Waals surface area contributed by atoms with E-state index < -0.39 is 15.8 Å². The van der Waals surface area contributed by atoms with Crippen LogP contribution in [0.1, 0.15) is 12.6 Å². The number of hydrogen-bond donors (Lipinski definition) is 4. The van der Waals surface area contributed by atoms with E-state index in [4.69, 9.17) is 4.63 Å². The maximum absolute atomic E-state index is 13.4. The predicted molar refractivity (Wildman–Crippen MR) is 115 cm³/mol. The van der Waals surface area contributed by atoms with Gasteiger partial charge < -0.3 is 21.2 Å². The molecule has 0 spiro atoms. The Morgan fingerprint density at radius 3 is 2.77 bits per heavy atom. The van der Waals surface area contributed by atoms with Crippen LogP contribution in [0, 0.1) is 5.82 Å². The summed E-state index contributed by atoms with van der Waals surface area (Å²) in [7, 11) is -3.54. The Kier molecular flexibility index (Phi) is 8.86. The van der Waals surface area contributed by atoms with Gasteiger partial charge in [-0.15, -0.1) is 4.40 Å². The van der Waals surface area contributed by atoms with Crippen LogP contribution < -0.4 is 16.0 Å². The zero-order chi connectivity index (χ0) is 22.1. The number of aromatic nitrogens is 2. The first-order valence-electron chi connectivity index (χ1n) is 8.41. The molecule has 0 bridgehead atoms. The summed E-state index contributed by atoms with van der Waals surface area (Å²) in [6, 6.07) is 4.16. The highest BCUT2D eigenvalue weighted by Crippen LogP contribution is 2.23. The summed E-state index contributed by atoms with van der Waals surface area (Å²) in [5.41, 5.74) is 0.601. The summed E-state index contributed by atoms with van der Waals surface area (Å²) in [5, 5.41) is 28.9. The van der Waals surface area contributed by atoms with Gasteiger partial charge in [0.25, 0.3) is 10.0 Å². The molecular formula is C15H19BrFN7O4S2. The fourth-order valence-corrected chi connectivity index (χ4v) is 3.63. The molecule has 2 rings (SSSR count). The van der Waals surface area contributed by atoms with Crippen LogP contribution in [0.25, 0.3) is 0 Å². The molecule has 4 N–H and O–H groups in total. The molecule has 1 aromatic carbocycles. The lowest BCUT2D eigenvalue weighted by molar-refractivity contribution is 0.297. The molecule has 1 heterocycles. The van der Waals surface area contributed by atoms with Gasteiger partial charge in [-0.2, -0.15) is 0 Å². The highest BCUT2D eigenvalue weighted by atomic mass is 79.9. The highest BCUT2D eigenvalue weighted by Gasteiger charge is 2.18. The number of nitrogens with one attached hydrogen (secondary N) is 3. The molecule has 0 radical (unpaired) electrons. The number of sulfonamides is 1. The monoisotopic (exact) mass is 523 g/mol. The van der Waals surface area contributed by atoms with Gasteiger partial charge in [0.2, 0.25) is 11.8 Å². The first-order valence-corrected chi connectivity index (χ1v) is 12.0. The van der Waals surface area contributed by atoms with Gasteiger partial charge in [0.15, 0.2) is 10.7 Å². The molecular weight excluding hydrogens is 505 g/mol. The summed E-state index contributed by atoms with van der Waals surface area (Å²) in [4.78, 5) is 0. The topological polar surface area (TPSA) is 154 Å². The third-order valence-electron chi connectivity index (χ3n) is 3.20. The Hall–Kier alpha value is -2.39. The van der Waals surface area contributed by atoms with Crippen molar-refractivity contribution in [3.63, 3.8) is 0 Å². The van der Waals surface area contributed by atoms with Crippen molar-refractivity contribution in [3.05, 3.63) is 34.2 Å². The molecule has 0 saturated carbocycles. The van der Waals surface area contributed by atoms with Gasteiger partial charge >= 0.3 is 0 Å². The minimum Gasteiger partial charge on any atom is -0.409 e. The number of rotatable bonds is 8. The molecule has 0 aliphatic heterocycles. The number of guanidine groups is 1. The second-order valence-corrected chi connectivity index (χ2v) is 9.19. The minimum absolute atomic E-state index is 0.0443. The lowest BCUT2D eigenvalue weighted by Gasteiger charge is -2.10. The van der Waals surface area contributed by atoms with E-state index in [1.54, 1.807) is 0 Å². The SMILES string of the molecule is CCN/C(=N\S(C)(=O)=O)NCCSc1nonc1/C(=N/O)Nc1ccc(F)c(Br)c1. The lowest BCUT2D eigenvalue weighted by Crippen LogP contribution is -2.38. The van der Waals surface area contributed by atoms with E-state index in [9.17, 15) is 18.0 Å². The average Bonchev–Trinajstić information content (AvgIpc) is 3.13. The number of halogens is 2. The van der Waals surface area contributed by atoms with Gasteiger partial charge in [0.05, 0.1) is 10.7 Å². The van der Waals surface area contributed by atoms with Crippen LogP contribution in [0.4, 0.5) is 10.1 Å². The van der Waals surface area contributed by atoms with Crippen molar-refractivity contribution < 1.29 is 22.6 Å². The van der Waals surface area contributed by atoms with Crippen LogP contribution in [-0.4, -0.2) is 60.8 Å². The fraction of sp³-hybridized carbons (Fsp3) is 0.333. The summed E-state index contributed by atoms with van der Waals surface area (Å²) in [6.07, 6.45) is 0.997. The molecule has 0 aliphatic carbocycles. The summed E-state index contributed by atoms with van der Waals surface area (Å²) < 4.78 is 44.5. The maximum atomic E-state index is 13.4. The van der Waals surface area contributed by atoms with Crippen LogP contribution in [0.3, 0.4) is 0 Å². The highest BCUT2D eigenvalue weighted by molar-refractivity contribution is 9.10. The Labute approximate surface area is 184 Å². The standard InChI is InChI=1S/C15H19BrFN7O4S2/c1-3-18-15(24-30(2,26)27)19-6-7-29-14-12(22-28-23-14)13(21-25)20-9-4-5-11(17)10(16)8-9/h4-5,8,25H,3,6-7H2,1-2H3,(H,20,21)(H2,18,19,24). The maximum Gasteiger partial charge on any atom is 0.253 e. The zero-order valence-corrected chi connectivity index (χ0v) is 19.1. The first kappa shape index (κ1) is 23.9. The van der Waals surface area contributed by atoms with Crippen molar-refractivity contribution in [3.8, 4) is 0 Å². The van der Waals surface area contributed by atoms with Crippen molar-refractivity contribution in [1.29, 1.82) is 0 Å². The minimum atomic E-state index is -3.54. The largest absolute Gasteiger partial charge is 0.409 e. The normalized spacial score (nSPS) is 12.7. The smallest absolute Gasteiger partial charge is 0.253 e. The Balaban J connectivity index is 2.00. The van der Waals surface area contributed by atoms with Crippen LogP contribution in [0.5, 0.6) is 0 Å². The van der Waals surface area contributed by atoms with Crippen molar-refractivity contribution in [2.75, 3.05) is 30.4 Å². The predicted octanol–water partition coefficient (Wildman–Crippen LogP) is 1.83. The molecule has 2 aromatic rings. The average molecular weight is 524 g/mol. The van der Waals surface area contributed by atoms with Gasteiger partial charge in [-0.3, -0.25) is 0 Å². The molecule has 1 aromatic heterocycles. The number of nitrogens with zero attached hydrogens (tertiary/aromatic N) is 4. The van der Waals surface area contributed by atoms with Crippen LogP contribution in [0.15, 0.2) is 41.9 Å². The van der Waals surface area contributed by atoms with E-state index >= 15 is 0 Å². The van der Waals surface area contributed by atoms with Gasteiger partial charge in [-0.05, 0) is 51.4 Å². The number of hydrogen-bond acceptors (Lipinski definition) is 8. The Bertz CT molecular complexity index is 1030. The molecule has 0 amide bonds. The third kappa shape index (κ3) is 7.46. The number of thioether (sulfide) groups is 1. The summed E-state index contributed by atoms with van der Waals surface area (Å²) in [5.74, 6) is 0.0969. The molecule has 0 aliphatic rings. The van der Waals surface area contributed by atoms with E-state index in [-0.39, 0.29) is 22.0 Å². The quantitative estimate of drug-likeness (QED) is 0.100. The zero-order valence-electron chi connectivity index (χ0n) is 15.9. The van der Waals surface area contributed by atoms with Gasteiger partial charge in [-0.25, -0.2) is 17.4 Å². The van der Waals surface area contributed by atoms with E-state index in [1.807, 2.05) is 6.92 Å². The second kappa shape index (κ2) is 11.1. The molecule has 30 heavy (non-hydrogen) atoms. The van der Waals surface area contributed by atoms with Crippen molar-refractivity contribution in [1.82, 2.24) is 20.9 Å². The molecule has 0 unspecified atom stereocenters. The Morgan fingerprint density at radius 2 is 2.13 bits per heavy atom. The number of anilines is 1. The van der Waals surface area contributed by atoms with E-state index in [1.165, 1.54) is 30.0 Å².